The molecule has 4 heteroatoms. The van der Waals surface area contributed by atoms with Gasteiger partial charge in [-0.3, -0.25) is 9.80 Å². The zero-order valence-corrected chi connectivity index (χ0v) is 12.8. The van der Waals surface area contributed by atoms with Crippen LogP contribution in [-0.2, 0) is 13.1 Å². The van der Waals surface area contributed by atoms with E-state index in [1.165, 1.54) is 19.4 Å². The van der Waals surface area contributed by atoms with Gasteiger partial charge in [0.05, 0.1) is 13.1 Å². The summed E-state index contributed by atoms with van der Waals surface area (Å²) in [6, 6.07) is 5.66. The Morgan fingerprint density at radius 1 is 1.25 bits per heavy atom. The zero-order chi connectivity index (χ0) is 13.9. The molecule has 2 fully saturated rings. The van der Waals surface area contributed by atoms with Crippen molar-refractivity contribution in [2.75, 3.05) is 26.2 Å². The van der Waals surface area contributed by atoms with E-state index in [2.05, 4.69) is 41.1 Å². The Kier molecular flexibility index (Phi) is 4.44. The minimum atomic E-state index is 0.653. The van der Waals surface area contributed by atoms with E-state index in [0.29, 0.717) is 6.04 Å². The van der Waals surface area contributed by atoms with Crippen LogP contribution in [0, 0.1) is 0 Å². The molecular formula is C16H27N3O. The van der Waals surface area contributed by atoms with Crippen LogP contribution in [0.1, 0.15) is 38.2 Å². The first-order chi connectivity index (χ1) is 9.74. The molecule has 1 aromatic rings. The van der Waals surface area contributed by atoms with Crippen LogP contribution >= 0.6 is 0 Å². The lowest BCUT2D eigenvalue weighted by Gasteiger charge is -2.38. The minimum Gasteiger partial charge on any atom is -0.463 e. The van der Waals surface area contributed by atoms with E-state index in [1.807, 2.05) is 0 Å². The Morgan fingerprint density at radius 2 is 2.05 bits per heavy atom. The number of piperazine rings is 1. The van der Waals surface area contributed by atoms with Crippen LogP contribution in [-0.4, -0.2) is 48.1 Å². The first-order valence-electron chi connectivity index (χ1n) is 8.02. The van der Waals surface area contributed by atoms with Crippen LogP contribution in [0.4, 0.5) is 0 Å². The lowest BCUT2D eigenvalue weighted by Crippen LogP contribution is -2.51. The van der Waals surface area contributed by atoms with Crippen molar-refractivity contribution in [3.8, 4) is 0 Å². The fourth-order valence-corrected chi connectivity index (χ4v) is 3.04. The first-order valence-corrected chi connectivity index (χ1v) is 8.02. The SMILES string of the molecule is CCN1CCN(Cc2ccc(CNC3CC3)o2)CC1C. The first kappa shape index (κ1) is 14.1. The number of rotatable bonds is 6. The van der Waals surface area contributed by atoms with Crippen molar-refractivity contribution in [1.82, 2.24) is 15.1 Å². The van der Waals surface area contributed by atoms with Crippen molar-refractivity contribution in [1.29, 1.82) is 0 Å². The van der Waals surface area contributed by atoms with Crippen molar-refractivity contribution >= 4 is 0 Å². The molecule has 1 aliphatic carbocycles. The summed E-state index contributed by atoms with van der Waals surface area (Å²) >= 11 is 0. The van der Waals surface area contributed by atoms with Gasteiger partial charge in [0.25, 0.3) is 0 Å². The maximum Gasteiger partial charge on any atom is 0.118 e. The summed E-state index contributed by atoms with van der Waals surface area (Å²) in [5.41, 5.74) is 0. The predicted molar refractivity (Wildman–Crippen MR) is 80.6 cm³/mol. The maximum absolute atomic E-state index is 5.94. The average molecular weight is 277 g/mol. The normalized spacial score (nSPS) is 25.2. The van der Waals surface area contributed by atoms with E-state index in [4.69, 9.17) is 4.42 Å². The molecule has 0 spiro atoms. The third-order valence-electron chi connectivity index (χ3n) is 4.49. The molecule has 0 amide bonds. The van der Waals surface area contributed by atoms with Crippen molar-refractivity contribution < 1.29 is 4.42 Å². The summed E-state index contributed by atoms with van der Waals surface area (Å²) in [6.07, 6.45) is 2.65. The molecule has 20 heavy (non-hydrogen) atoms. The number of nitrogens with one attached hydrogen (secondary N) is 1. The lowest BCUT2D eigenvalue weighted by atomic mass is 10.2. The number of hydrogen-bond donors (Lipinski definition) is 1. The van der Waals surface area contributed by atoms with Crippen molar-refractivity contribution in [2.24, 2.45) is 0 Å². The Labute approximate surface area is 122 Å². The fourth-order valence-electron chi connectivity index (χ4n) is 3.04. The van der Waals surface area contributed by atoms with Gasteiger partial charge >= 0.3 is 0 Å². The highest BCUT2D eigenvalue weighted by molar-refractivity contribution is 5.07. The molecule has 2 aliphatic rings. The van der Waals surface area contributed by atoms with Crippen LogP contribution in [0.15, 0.2) is 16.5 Å². The molecular weight excluding hydrogens is 250 g/mol. The van der Waals surface area contributed by atoms with Gasteiger partial charge < -0.3 is 9.73 Å². The van der Waals surface area contributed by atoms with Gasteiger partial charge in [0.15, 0.2) is 0 Å². The quantitative estimate of drug-likeness (QED) is 0.862. The summed E-state index contributed by atoms with van der Waals surface area (Å²) in [4.78, 5) is 5.05. The van der Waals surface area contributed by atoms with Gasteiger partial charge in [-0.15, -0.1) is 0 Å². The molecule has 112 valence electrons. The average Bonchev–Trinajstić information content (AvgIpc) is 3.17. The summed E-state index contributed by atoms with van der Waals surface area (Å²) < 4.78 is 5.94. The standard InChI is InChI=1S/C16H27N3O/c1-3-19-9-8-18(11-13(19)2)12-16-7-6-15(20-16)10-17-14-4-5-14/h6-7,13-14,17H,3-5,8-12H2,1-2H3. The van der Waals surface area contributed by atoms with E-state index in [-0.39, 0.29) is 0 Å². The van der Waals surface area contributed by atoms with Crippen LogP contribution in [0.5, 0.6) is 0 Å². The van der Waals surface area contributed by atoms with Crippen LogP contribution < -0.4 is 5.32 Å². The number of hydrogen-bond acceptors (Lipinski definition) is 4. The molecule has 4 nitrogen and oxygen atoms in total. The fraction of sp³-hybridized carbons (Fsp3) is 0.750. The minimum absolute atomic E-state index is 0.653. The monoisotopic (exact) mass is 277 g/mol. The Hall–Kier alpha value is -0.840. The highest BCUT2D eigenvalue weighted by Gasteiger charge is 2.23. The van der Waals surface area contributed by atoms with Crippen molar-refractivity contribution in [2.45, 2.75) is 51.9 Å². The van der Waals surface area contributed by atoms with E-state index in [1.54, 1.807) is 0 Å². The third kappa shape index (κ3) is 3.62. The lowest BCUT2D eigenvalue weighted by molar-refractivity contribution is 0.0787. The zero-order valence-electron chi connectivity index (χ0n) is 12.8. The summed E-state index contributed by atoms with van der Waals surface area (Å²) in [6.45, 7) is 11.0. The topological polar surface area (TPSA) is 31.6 Å². The second kappa shape index (κ2) is 6.29. The van der Waals surface area contributed by atoms with Crippen molar-refractivity contribution in [3.63, 3.8) is 0 Å². The predicted octanol–water partition coefficient (Wildman–Crippen LogP) is 2.06. The maximum atomic E-state index is 5.94. The molecule has 1 aliphatic heterocycles. The summed E-state index contributed by atoms with van der Waals surface area (Å²) in [5, 5.41) is 3.50. The molecule has 2 heterocycles. The van der Waals surface area contributed by atoms with Gasteiger partial charge in [-0.2, -0.15) is 0 Å². The number of likely N-dealkylation sites (N-methyl/N-ethyl adjacent to an activating group) is 1. The second-order valence-electron chi connectivity index (χ2n) is 6.24. The van der Waals surface area contributed by atoms with Gasteiger partial charge in [0.1, 0.15) is 11.5 Å². The molecule has 1 N–H and O–H groups in total. The Bertz CT molecular complexity index is 427. The van der Waals surface area contributed by atoms with E-state index >= 15 is 0 Å². The van der Waals surface area contributed by atoms with Gasteiger partial charge in [-0.05, 0) is 38.4 Å². The molecule has 1 saturated carbocycles. The van der Waals surface area contributed by atoms with Crippen molar-refractivity contribution in [3.05, 3.63) is 23.7 Å². The van der Waals surface area contributed by atoms with Gasteiger partial charge in [0, 0.05) is 31.7 Å². The Balaban J connectivity index is 1.47. The molecule has 0 radical (unpaired) electrons. The second-order valence-corrected chi connectivity index (χ2v) is 6.24. The van der Waals surface area contributed by atoms with E-state index in [0.717, 1.165) is 50.3 Å². The number of nitrogens with zero attached hydrogens (tertiary/aromatic N) is 2. The van der Waals surface area contributed by atoms with Gasteiger partial charge in [0.2, 0.25) is 0 Å². The molecule has 0 bridgehead atoms. The van der Waals surface area contributed by atoms with E-state index < -0.39 is 0 Å². The van der Waals surface area contributed by atoms with Crippen LogP contribution in [0.25, 0.3) is 0 Å². The molecule has 3 rings (SSSR count). The van der Waals surface area contributed by atoms with Crippen LogP contribution in [0.2, 0.25) is 0 Å². The third-order valence-corrected chi connectivity index (χ3v) is 4.49. The smallest absolute Gasteiger partial charge is 0.118 e. The highest BCUT2D eigenvalue weighted by Crippen LogP contribution is 2.20. The molecule has 1 unspecified atom stereocenters. The van der Waals surface area contributed by atoms with Gasteiger partial charge in [-0.25, -0.2) is 0 Å². The van der Waals surface area contributed by atoms with Crippen LogP contribution in [0.3, 0.4) is 0 Å². The molecule has 0 aromatic carbocycles. The van der Waals surface area contributed by atoms with Gasteiger partial charge in [-0.1, -0.05) is 6.92 Å². The summed E-state index contributed by atoms with van der Waals surface area (Å²) in [5.74, 6) is 2.18. The van der Waals surface area contributed by atoms with E-state index in [9.17, 15) is 0 Å². The molecule has 1 atom stereocenters. The number of furan rings is 1. The molecule has 1 aromatic heterocycles. The molecule has 1 saturated heterocycles. The Morgan fingerprint density at radius 3 is 2.75 bits per heavy atom. The largest absolute Gasteiger partial charge is 0.463 e. The highest BCUT2D eigenvalue weighted by atomic mass is 16.3. The summed E-state index contributed by atoms with van der Waals surface area (Å²) in [7, 11) is 0.